The van der Waals surface area contributed by atoms with Gasteiger partial charge in [-0.3, -0.25) is 0 Å². The van der Waals surface area contributed by atoms with Gasteiger partial charge in [-0.25, -0.2) is 22.9 Å². The molecular weight excluding hydrogens is 493 g/mol. The molecule has 0 bridgehead atoms. The number of carboxylic acids is 1. The maximum absolute atomic E-state index is 14.0. The molecule has 0 amide bonds. The normalized spacial score (nSPS) is 14.4. The predicted octanol–water partition coefficient (Wildman–Crippen LogP) is 5.75. The van der Waals surface area contributed by atoms with E-state index in [2.05, 4.69) is 4.98 Å². The Morgan fingerprint density at radius 3 is 2.60 bits per heavy atom. The van der Waals surface area contributed by atoms with Gasteiger partial charge in [0.15, 0.2) is 5.69 Å². The zero-order valence-corrected chi connectivity index (χ0v) is 19.0. The van der Waals surface area contributed by atoms with Crippen LogP contribution in [0.5, 0.6) is 5.75 Å². The van der Waals surface area contributed by atoms with Crippen LogP contribution in [-0.2, 0) is 12.8 Å². The Kier molecular flexibility index (Phi) is 6.86. The summed E-state index contributed by atoms with van der Waals surface area (Å²) in [4.78, 5) is 16.8. The highest BCUT2D eigenvalue weighted by Gasteiger charge is 2.37. The smallest absolute Gasteiger partial charge is 0.420 e. The van der Waals surface area contributed by atoms with Gasteiger partial charge in [-0.15, -0.1) is 0 Å². The molecule has 1 N–H and O–H groups in total. The molecule has 1 aromatic heterocycles. The van der Waals surface area contributed by atoms with E-state index < -0.39 is 47.4 Å². The van der Waals surface area contributed by atoms with Crippen LogP contribution in [0.4, 0.5) is 33.3 Å². The highest BCUT2D eigenvalue weighted by Crippen LogP contribution is 2.46. The molecule has 0 fully saturated rings. The Bertz CT molecular complexity index is 1270. The van der Waals surface area contributed by atoms with E-state index in [1.165, 1.54) is 36.2 Å². The lowest BCUT2D eigenvalue weighted by Gasteiger charge is -2.26. The Labute approximate surface area is 201 Å². The molecule has 2 heterocycles. The van der Waals surface area contributed by atoms with Gasteiger partial charge in [0, 0.05) is 24.3 Å². The van der Waals surface area contributed by atoms with Gasteiger partial charge in [0.1, 0.15) is 24.0 Å². The summed E-state index contributed by atoms with van der Waals surface area (Å²) >= 11 is 1.19. The highest BCUT2D eigenvalue weighted by molar-refractivity contribution is 7.97. The Morgan fingerprint density at radius 2 is 1.91 bits per heavy atom. The lowest BCUT2D eigenvalue weighted by atomic mass is 10.1. The van der Waals surface area contributed by atoms with Crippen molar-refractivity contribution in [2.45, 2.75) is 17.7 Å². The standard InChI is InChI=1S/C23H18F5N3O3S/c1-30-5-6-31(16-4-2-3-14(24)8-16)18-9-17(23(26,27)28)19(10-20(18)35-30)34-12-13-7-15(25)11-29-21(13)22(32)33/h2-4,7-11H,5-6,12H2,1H3,(H,32,33). The molecule has 0 atom stereocenters. The molecule has 3 aromatic rings. The van der Waals surface area contributed by atoms with E-state index in [1.807, 2.05) is 4.31 Å². The summed E-state index contributed by atoms with van der Waals surface area (Å²) in [5.74, 6) is -3.40. The first-order chi connectivity index (χ1) is 16.5. The summed E-state index contributed by atoms with van der Waals surface area (Å²) in [6.45, 7) is 0.112. The predicted molar refractivity (Wildman–Crippen MR) is 119 cm³/mol. The van der Waals surface area contributed by atoms with Crippen molar-refractivity contribution in [3.8, 4) is 5.75 Å². The number of pyridine rings is 1. The van der Waals surface area contributed by atoms with Crippen LogP contribution in [0.3, 0.4) is 0 Å². The van der Waals surface area contributed by atoms with Crippen LogP contribution in [0.1, 0.15) is 21.6 Å². The molecule has 1 aliphatic rings. The van der Waals surface area contributed by atoms with E-state index in [-0.39, 0.29) is 11.3 Å². The summed E-state index contributed by atoms with van der Waals surface area (Å²) in [6, 6.07) is 8.52. The molecule has 0 saturated carbocycles. The molecule has 184 valence electrons. The lowest BCUT2D eigenvalue weighted by molar-refractivity contribution is -0.139. The molecular formula is C23H18F5N3O3S. The number of likely N-dealkylation sites (N-methyl/N-ethyl adjacent to an activating group) is 1. The number of fused-ring (bicyclic) bond motifs is 1. The number of ether oxygens (including phenoxy) is 1. The van der Waals surface area contributed by atoms with Crippen LogP contribution < -0.4 is 9.64 Å². The van der Waals surface area contributed by atoms with Crippen LogP contribution in [0.25, 0.3) is 0 Å². The number of hydrogen-bond donors (Lipinski definition) is 1. The van der Waals surface area contributed by atoms with E-state index in [1.54, 1.807) is 18.0 Å². The first-order valence-electron chi connectivity index (χ1n) is 10.2. The van der Waals surface area contributed by atoms with Crippen LogP contribution in [0, 0.1) is 11.6 Å². The van der Waals surface area contributed by atoms with Crippen molar-refractivity contribution in [3.05, 3.63) is 77.1 Å². The van der Waals surface area contributed by atoms with E-state index in [0.29, 0.717) is 29.9 Å². The fraction of sp³-hybridized carbons (Fsp3) is 0.217. The van der Waals surface area contributed by atoms with E-state index in [9.17, 15) is 31.9 Å². The molecule has 0 radical (unpaired) electrons. The van der Waals surface area contributed by atoms with Crippen molar-refractivity contribution < 1.29 is 36.6 Å². The zero-order chi connectivity index (χ0) is 25.3. The minimum Gasteiger partial charge on any atom is -0.488 e. The Balaban J connectivity index is 1.79. The SMILES string of the molecule is CN1CCN(c2cccc(F)c2)c2cc(C(F)(F)F)c(OCc3cc(F)cnc3C(=O)O)cc2S1. The molecule has 0 aliphatic carbocycles. The largest absolute Gasteiger partial charge is 0.488 e. The quantitative estimate of drug-likeness (QED) is 0.346. The Hall–Kier alpha value is -3.38. The number of halogens is 5. The number of alkyl halides is 3. The van der Waals surface area contributed by atoms with Crippen molar-refractivity contribution in [3.63, 3.8) is 0 Å². The van der Waals surface area contributed by atoms with Crippen molar-refractivity contribution in [2.75, 3.05) is 25.0 Å². The average molecular weight is 511 g/mol. The van der Waals surface area contributed by atoms with Crippen molar-refractivity contribution in [1.29, 1.82) is 0 Å². The summed E-state index contributed by atoms with van der Waals surface area (Å²) in [7, 11) is 1.76. The van der Waals surface area contributed by atoms with Gasteiger partial charge in [-0.1, -0.05) is 6.07 Å². The molecule has 35 heavy (non-hydrogen) atoms. The number of anilines is 2. The number of hydrogen-bond acceptors (Lipinski definition) is 6. The van der Waals surface area contributed by atoms with Crippen LogP contribution in [0.15, 0.2) is 53.6 Å². The summed E-state index contributed by atoms with van der Waals surface area (Å²) < 4.78 is 76.8. The minimum absolute atomic E-state index is 0.211. The van der Waals surface area contributed by atoms with Crippen LogP contribution in [0.2, 0.25) is 0 Å². The third kappa shape index (κ3) is 5.49. The third-order valence-electron chi connectivity index (χ3n) is 5.19. The number of carboxylic acid groups (broad SMARTS) is 1. The molecule has 2 aromatic carbocycles. The summed E-state index contributed by atoms with van der Waals surface area (Å²) in [5.41, 5.74) is -1.25. The van der Waals surface area contributed by atoms with E-state index in [4.69, 9.17) is 4.74 Å². The summed E-state index contributed by atoms with van der Waals surface area (Å²) in [5, 5.41) is 9.25. The second-order valence-electron chi connectivity index (χ2n) is 7.64. The molecule has 0 saturated heterocycles. The van der Waals surface area contributed by atoms with Gasteiger partial charge in [0.05, 0.1) is 22.3 Å². The minimum atomic E-state index is -4.82. The maximum atomic E-state index is 14.0. The molecule has 6 nitrogen and oxygen atoms in total. The average Bonchev–Trinajstić information content (AvgIpc) is 2.93. The van der Waals surface area contributed by atoms with E-state index >= 15 is 0 Å². The van der Waals surface area contributed by atoms with Gasteiger partial charge in [0.25, 0.3) is 0 Å². The fourth-order valence-electron chi connectivity index (χ4n) is 3.60. The monoisotopic (exact) mass is 511 g/mol. The molecule has 12 heteroatoms. The van der Waals surface area contributed by atoms with Gasteiger partial charge in [-0.05, 0) is 55.4 Å². The molecule has 1 aliphatic heterocycles. The summed E-state index contributed by atoms with van der Waals surface area (Å²) in [6.07, 6.45) is -4.12. The maximum Gasteiger partial charge on any atom is 0.420 e. The fourth-order valence-corrected chi connectivity index (χ4v) is 4.53. The van der Waals surface area contributed by atoms with Crippen LogP contribution in [-0.4, -0.2) is 40.5 Å². The number of benzene rings is 2. The lowest BCUT2D eigenvalue weighted by Crippen LogP contribution is -2.25. The zero-order valence-electron chi connectivity index (χ0n) is 18.1. The van der Waals surface area contributed by atoms with Crippen molar-refractivity contribution in [2.24, 2.45) is 0 Å². The number of carbonyl (C=O) groups is 1. The third-order valence-corrected chi connectivity index (χ3v) is 6.21. The highest BCUT2D eigenvalue weighted by atomic mass is 32.2. The van der Waals surface area contributed by atoms with Gasteiger partial charge in [-0.2, -0.15) is 13.2 Å². The first-order valence-corrected chi connectivity index (χ1v) is 11.0. The number of rotatable bonds is 5. The second kappa shape index (κ2) is 9.70. The van der Waals surface area contributed by atoms with Gasteiger partial charge >= 0.3 is 12.1 Å². The number of nitrogens with zero attached hydrogens (tertiary/aromatic N) is 3. The molecule has 4 rings (SSSR count). The first kappa shape index (κ1) is 24.7. The topological polar surface area (TPSA) is 65.9 Å². The van der Waals surface area contributed by atoms with Gasteiger partial charge < -0.3 is 14.7 Å². The van der Waals surface area contributed by atoms with Gasteiger partial charge in [0.2, 0.25) is 0 Å². The van der Waals surface area contributed by atoms with Crippen LogP contribution >= 0.6 is 11.9 Å². The number of aromatic nitrogens is 1. The van der Waals surface area contributed by atoms with Crippen molar-refractivity contribution >= 4 is 29.3 Å². The second-order valence-corrected chi connectivity index (χ2v) is 8.89. The number of aromatic carboxylic acids is 1. The van der Waals surface area contributed by atoms with Crippen molar-refractivity contribution in [1.82, 2.24) is 9.29 Å². The molecule has 0 spiro atoms. The van der Waals surface area contributed by atoms with E-state index in [0.717, 1.165) is 12.1 Å². The molecule has 0 unspecified atom stereocenters. The Morgan fingerprint density at radius 1 is 1.14 bits per heavy atom.